The van der Waals surface area contributed by atoms with Crippen molar-refractivity contribution in [3.8, 4) is 0 Å². The van der Waals surface area contributed by atoms with Crippen LogP contribution in [0.15, 0.2) is 0 Å². The first-order valence-corrected chi connectivity index (χ1v) is 11.8. The number of carbonyl (C=O) groups is 1. The second kappa shape index (κ2) is 8.46. The van der Waals surface area contributed by atoms with Crippen molar-refractivity contribution < 1.29 is 20.6 Å². The summed E-state index contributed by atoms with van der Waals surface area (Å²) in [7, 11) is 0. The molecule has 1 atom stereocenters. The van der Waals surface area contributed by atoms with Crippen LogP contribution in [-0.4, -0.2) is 67.6 Å². The Balaban J connectivity index is 0.000000408. The van der Waals surface area contributed by atoms with Gasteiger partial charge < -0.3 is 4.74 Å². The van der Waals surface area contributed by atoms with E-state index in [2.05, 4.69) is 38.1 Å². The van der Waals surface area contributed by atoms with Gasteiger partial charge >= 0.3 is 39.5 Å². The average Bonchev–Trinajstić information content (AvgIpc) is 2.45. The number of hydrogen-bond donors (Lipinski definition) is 0. The number of piperidine rings is 3. The summed E-state index contributed by atoms with van der Waals surface area (Å²) < 4.78 is 5.34. The van der Waals surface area contributed by atoms with E-state index in [0.717, 1.165) is 69.9 Å². The molecule has 4 aliphatic rings. The summed E-state index contributed by atoms with van der Waals surface area (Å²) in [5.74, 6) is 0.875. The van der Waals surface area contributed by atoms with E-state index in [9.17, 15) is 4.79 Å². The quantitative estimate of drug-likeness (QED) is 0.651. The topological polar surface area (TPSA) is 32.8 Å². The first-order chi connectivity index (χ1) is 9.26. The molecular weight excluding hydrogens is 423 g/mol. The van der Waals surface area contributed by atoms with Gasteiger partial charge in [0.1, 0.15) is 0 Å². The van der Waals surface area contributed by atoms with Gasteiger partial charge in [0, 0.05) is 25.6 Å². The third-order valence-corrected chi connectivity index (χ3v) is 4.24. The van der Waals surface area contributed by atoms with Gasteiger partial charge in [0.15, 0.2) is 5.78 Å². The molecule has 4 heterocycles. The van der Waals surface area contributed by atoms with Crippen LogP contribution in [0.1, 0.15) is 12.8 Å². The van der Waals surface area contributed by atoms with Gasteiger partial charge in [-0.25, -0.2) is 0 Å². The van der Waals surface area contributed by atoms with Gasteiger partial charge in [0.05, 0.1) is 19.3 Å². The zero-order chi connectivity index (χ0) is 13.7. The van der Waals surface area contributed by atoms with Gasteiger partial charge in [-0.2, -0.15) is 0 Å². The molecule has 1 unspecified atom stereocenters. The predicted octanol–water partition coefficient (Wildman–Crippen LogP) is 1.67. The van der Waals surface area contributed by atoms with Gasteiger partial charge in [0.25, 0.3) is 0 Å². The predicted molar refractivity (Wildman–Crippen MR) is 78.2 cm³/mol. The van der Waals surface area contributed by atoms with Gasteiger partial charge in [-0.3, -0.25) is 14.6 Å². The summed E-state index contributed by atoms with van der Waals surface area (Å²) in [5, 5.41) is 0. The van der Waals surface area contributed by atoms with Crippen LogP contribution in [0.3, 0.4) is 0 Å². The van der Waals surface area contributed by atoms with Crippen LogP contribution in [0.5, 0.6) is 0 Å². The Labute approximate surface area is 135 Å². The second-order valence-corrected chi connectivity index (χ2v) is 10.4. The Bertz CT molecular complexity index is 295. The molecule has 0 aromatic heterocycles. The van der Waals surface area contributed by atoms with E-state index < -0.39 is 0 Å². The van der Waals surface area contributed by atoms with Gasteiger partial charge in [-0.15, -0.1) is 0 Å². The van der Waals surface area contributed by atoms with Crippen LogP contribution in [0.2, 0.25) is 0 Å². The number of ether oxygens (including phenoxy) is 1. The molecule has 0 saturated carbocycles. The fourth-order valence-corrected chi connectivity index (χ4v) is 3.18. The number of Topliss-reactive ketones (excluding diaryl/α,β-unsaturated/α-hetero) is 1. The summed E-state index contributed by atoms with van der Waals surface area (Å²) in [4.78, 5) is 16.9. The molecule has 0 aromatic carbocycles. The van der Waals surface area contributed by atoms with Crippen LogP contribution >= 0.6 is 28.3 Å². The van der Waals surface area contributed by atoms with E-state index in [0.29, 0.717) is 11.7 Å². The molecule has 0 amide bonds. The van der Waals surface area contributed by atoms with Crippen molar-refractivity contribution in [2.45, 2.75) is 18.9 Å². The number of halogens is 2. The van der Waals surface area contributed by atoms with Crippen LogP contribution in [-0.2, 0) is 20.6 Å². The monoisotopic (exact) mass is 441 g/mol. The van der Waals surface area contributed by atoms with Crippen LogP contribution < -0.4 is 0 Å². The van der Waals surface area contributed by atoms with Crippen LogP contribution in [0.4, 0.5) is 0 Å². The molecule has 0 radical (unpaired) electrons. The van der Waals surface area contributed by atoms with Crippen molar-refractivity contribution in [2.75, 3.05) is 45.9 Å². The second-order valence-electron chi connectivity index (χ2n) is 5.19. The molecule has 4 nitrogen and oxygen atoms in total. The molecule has 19 heavy (non-hydrogen) atoms. The van der Waals surface area contributed by atoms with E-state index in [-0.39, 0.29) is 6.04 Å². The van der Waals surface area contributed by atoms with Crippen molar-refractivity contribution in [1.82, 2.24) is 9.80 Å². The maximum absolute atomic E-state index is 12.2. The molecule has 0 aromatic rings. The minimum absolute atomic E-state index is 0.186. The molecule has 0 N–H and O–H groups in total. The number of hydrogen-bond acceptors (Lipinski definition) is 4. The summed E-state index contributed by atoms with van der Waals surface area (Å²) in [5.41, 5.74) is 0. The summed E-state index contributed by atoms with van der Waals surface area (Å²) >= 11 is 7.12. The summed E-state index contributed by atoms with van der Waals surface area (Å²) in [6, 6.07) is 0.186. The average molecular weight is 443 g/mol. The number of morpholine rings is 1. The van der Waals surface area contributed by atoms with Gasteiger partial charge in [0.2, 0.25) is 0 Å². The maximum atomic E-state index is 12.2. The number of rotatable bonds is 2. The first-order valence-electron chi connectivity index (χ1n) is 6.67. The van der Waals surface area contributed by atoms with E-state index in [1.54, 1.807) is 0 Å². The molecule has 4 fully saturated rings. The summed E-state index contributed by atoms with van der Waals surface area (Å²) in [6.07, 6.45) is 2.19. The Morgan fingerprint density at radius 3 is 2.26 bits per heavy atom. The number of fused-ring (bicyclic) bond motifs is 3. The number of ketones is 1. The van der Waals surface area contributed by atoms with Crippen molar-refractivity contribution >= 4 is 34.1 Å². The molecule has 4 saturated heterocycles. The third-order valence-electron chi connectivity index (χ3n) is 4.24. The molecule has 4 rings (SSSR count). The minimum atomic E-state index is 0.186. The Morgan fingerprint density at radius 2 is 1.74 bits per heavy atom. The van der Waals surface area contributed by atoms with Crippen molar-refractivity contribution in [1.29, 1.82) is 0 Å². The fourth-order valence-electron chi connectivity index (χ4n) is 3.18. The Morgan fingerprint density at radius 1 is 1.16 bits per heavy atom. The van der Waals surface area contributed by atoms with Crippen molar-refractivity contribution in [3.63, 3.8) is 0 Å². The molecule has 4 aliphatic heterocycles. The Kier molecular flexibility index (Phi) is 7.29. The molecule has 113 valence electrons. The fraction of sp³-hybridized carbons (Fsp3) is 0.917. The van der Waals surface area contributed by atoms with Crippen molar-refractivity contribution in [2.24, 2.45) is 5.92 Å². The van der Waals surface area contributed by atoms with Gasteiger partial charge in [-0.1, -0.05) is 0 Å². The van der Waals surface area contributed by atoms with E-state index >= 15 is 0 Å². The number of nitrogens with zero attached hydrogens (tertiary/aromatic N) is 2. The van der Waals surface area contributed by atoms with Crippen LogP contribution in [0.25, 0.3) is 0 Å². The zero-order valence-corrected chi connectivity index (χ0v) is 15.0. The number of carbonyl (C=O) groups excluding carboxylic acids is 1. The molecule has 0 spiro atoms. The third kappa shape index (κ3) is 4.49. The molecule has 2 bridgehead atoms. The van der Waals surface area contributed by atoms with E-state index in [1.807, 2.05) is 0 Å². The SMILES string of the molecule is O=C1C2CCN(CC2)C1CN1CCOCC1.[Br][Co][Br]. The van der Waals surface area contributed by atoms with Crippen LogP contribution in [0, 0.1) is 5.92 Å². The molecular formula is C12H20Br2CoN2O2. The molecule has 0 aliphatic carbocycles. The zero-order valence-electron chi connectivity index (χ0n) is 10.8. The van der Waals surface area contributed by atoms with E-state index in [4.69, 9.17) is 4.74 Å². The standard InChI is InChI=1S/C12H20N2O2.2BrH.Co/c15-12-10-1-3-14(4-2-10)11(12)9-13-5-7-16-8-6-13;;;/h10-11H,1-9H2;2*1H;/q;;;+2/p-2. The Hall–Kier alpha value is 1.02. The summed E-state index contributed by atoms with van der Waals surface area (Å²) in [6.45, 7) is 6.81. The van der Waals surface area contributed by atoms with E-state index in [1.165, 1.54) is 0 Å². The van der Waals surface area contributed by atoms with Crippen molar-refractivity contribution in [3.05, 3.63) is 0 Å². The first kappa shape index (κ1) is 16.4. The molecule has 7 heteroatoms. The van der Waals surface area contributed by atoms with Gasteiger partial charge in [-0.05, 0) is 25.9 Å². The normalized spacial score (nSPS) is 35.1.